The van der Waals surface area contributed by atoms with Gasteiger partial charge in [0.25, 0.3) is 0 Å². The molecule has 0 saturated carbocycles. The maximum Gasteiger partial charge on any atom is 0.241 e. The zero-order valence-electron chi connectivity index (χ0n) is 14.5. The van der Waals surface area contributed by atoms with Gasteiger partial charge in [0.05, 0.1) is 18.5 Å². The third kappa shape index (κ3) is 5.38. The highest BCUT2D eigenvalue weighted by Crippen LogP contribution is 2.22. The highest BCUT2D eigenvalue weighted by atomic mass is 16.3. The number of rotatable bonds is 7. The van der Waals surface area contributed by atoms with E-state index in [2.05, 4.69) is 60.8 Å². The molecule has 2 aromatic rings. The van der Waals surface area contributed by atoms with Crippen LogP contribution in [0.3, 0.4) is 0 Å². The van der Waals surface area contributed by atoms with Crippen molar-refractivity contribution in [3.05, 3.63) is 47.8 Å². The zero-order valence-corrected chi connectivity index (χ0v) is 14.5. The Bertz CT molecular complexity index is 656. The summed E-state index contributed by atoms with van der Waals surface area (Å²) in [7, 11) is 0. The first-order valence-corrected chi connectivity index (χ1v) is 8.12. The van der Waals surface area contributed by atoms with Crippen LogP contribution in [-0.2, 0) is 23.3 Å². The van der Waals surface area contributed by atoms with Gasteiger partial charge in [0.15, 0.2) is 0 Å². The van der Waals surface area contributed by atoms with Crippen LogP contribution in [-0.4, -0.2) is 33.9 Å². The molecule has 0 aliphatic heterocycles. The summed E-state index contributed by atoms with van der Waals surface area (Å²) in [5, 5.41) is 18.7. The highest BCUT2D eigenvalue weighted by molar-refractivity contribution is 5.75. The van der Waals surface area contributed by atoms with E-state index in [9.17, 15) is 4.79 Å². The van der Waals surface area contributed by atoms with Gasteiger partial charge in [0.1, 0.15) is 6.54 Å². The van der Waals surface area contributed by atoms with Gasteiger partial charge in [0, 0.05) is 19.3 Å². The van der Waals surface area contributed by atoms with Gasteiger partial charge in [-0.05, 0) is 16.5 Å². The van der Waals surface area contributed by atoms with Crippen LogP contribution in [0.2, 0.25) is 0 Å². The molecule has 2 rings (SSSR count). The van der Waals surface area contributed by atoms with E-state index in [4.69, 9.17) is 5.11 Å². The Hall–Kier alpha value is -2.34. The van der Waals surface area contributed by atoms with Crippen molar-refractivity contribution in [3.63, 3.8) is 0 Å². The van der Waals surface area contributed by atoms with Crippen LogP contribution in [0.5, 0.6) is 0 Å². The molecule has 1 aromatic heterocycles. The summed E-state index contributed by atoms with van der Waals surface area (Å²) < 4.78 is 1.57. The third-order valence-corrected chi connectivity index (χ3v) is 3.69. The first-order valence-electron chi connectivity index (χ1n) is 8.12. The van der Waals surface area contributed by atoms with E-state index < -0.39 is 0 Å². The van der Waals surface area contributed by atoms with Crippen molar-refractivity contribution in [2.45, 2.75) is 39.3 Å². The van der Waals surface area contributed by atoms with Gasteiger partial charge < -0.3 is 15.7 Å². The van der Waals surface area contributed by atoms with Crippen molar-refractivity contribution in [3.8, 4) is 0 Å². The normalized spacial score (nSPS) is 11.3. The molecular formula is C18H26N4O2. The minimum Gasteiger partial charge on any atom is -0.395 e. The fourth-order valence-electron chi connectivity index (χ4n) is 2.27. The molecule has 0 unspecified atom stereocenters. The number of carbonyl (C=O) groups is 1. The second-order valence-corrected chi connectivity index (χ2v) is 6.80. The fourth-order valence-corrected chi connectivity index (χ4v) is 2.27. The fraction of sp³-hybridized carbons (Fsp3) is 0.444. The molecule has 6 nitrogen and oxygen atoms in total. The second kappa shape index (κ2) is 7.97. The Morgan fingerprint density at radius 3 is 2.58 bits per heavy atom. The quantitative estimate of drug-likeness (QED) is 0.724. The molecule has 0 radical (unpaired) electrons. The third-order valence-electron chi connectivity index (χ3n) is 3.69. The van der Waals surface area contributed by atoms with Crippen LogP contribution >= 0.6 is 0 Å². The standard InChI is InChI=1S/C18H26N4O2/c1-18(2,3)15-6-4-14(5-7-15)10-20-16-11-21-22(12-16)13-17(24)19-8-9-23/h4-7,11-12,20,23H,8-10,13H2,1-3H3,(H,19,24). The summed E-state index contributed by atoms with van der Waals surface area (Å²) in [5.41, 5.74) is 3.53. The van der Waals surface area contributed by atoms with E-state index in [1.807, 2.05) is 0 Å². The van der Waals surface area contributed by atoms with Crippen LogP contribution in [0.4, 0.5) is 5.69 Å². The second-order valence-electron chi connectivity index (χ2n) is 6.80. The molecule has 1 heterocycles. The smallest absolute Gasteiger partial charge is 0.241 e. The molecule has 0 spiro atoms. The summed E-state index contributed by atoms with van der Waals surface area (Å²) in [6.45, 7) is 7.64. The number of aliphatic hydroxyl groups is 1. The summed E-state index contributed by atoms with van der Waals surface area (Å²) in [4.78, 5) is 11.6. The predicted octanol–water partition coefficient (Wildman–Crippen LogP) is 1.90. The molecule has 6 heteroatoms. The van der Waals surface area contributed by atoms with Gasteiger partial charge in [-0.15, -0.1) is 0 Å². The van der Waals surface area contributed by atoms with Gasteiger partial charge in [-0.25, -0.2) is 0 Å². The number of hydrogen-bond donors (Lipinski definition) is 3. The van der Waals surface area contributed by atoms with Gasteiger partial charge in [-0.1, -0.05) is 45.0 Å². The topological polar surface area (TPSA) is 79.2 Å². The van der Waals surface area contributed by atoms with Crippen LogP contribution in [0.1, 0.15) is 31.9 Å². The maximum atomic E-state index is 11.6. The Labute approximate surface area is 142 Å². The lowest BCUT2D eigenvalue weighted by atomic mass is 9.87. The van der Waals surface area contributed by atoms with E-state index >= 15 is 0 Å². The molecule has 0 bridgehead atoms. The minimum absolute atomic E-state index is 0.0638. The summed E-state index contributed by atoms with van der Waals surface area (Å²) in [5.74, 6) is -0.170. The van der Waals surface area contributed by atoms with Crippen molar-refractivity contribution in [1.82, 2.24) is 15.1 Å². The molecule has 24 heavy (non-hydrogen) atoms. The average molecular weight is 330 g/mol. The van der Waals surface area contributed by atoms with Gasteiger partial charge in [-0.3, -0.25) is 9.48 Å². The van der Waals surface area contributed by atoms with Gasteiger partial charge in [-0.2, -0.15) is 5.10 Å². The zero-order chi connectivity index (χ0) is 17.6. The van der Waals surface area contributed by atoms with E-state index in [1.165, 1.54) is 11.1 Å². The van der Waals surface area contributed by atoms with Crippen molar-refractivity contribution in [2.75, 3.05) is 18.5 Å². The van der Waals surface area contributed by atoms with Crippen molar-refractivity contribution < 1.29 is 9.90 Å². The Morgan fingerprint density at radius 1 is 1.25 bits per heavy atom. The summed E-state index contributed by atoms with van der Waals surface area (Å²) >= 11 is 0. The number of aromatic nitrogens is 2. The van der Waals surface area contributed by atoms with Crippen molar-refractivity contribution >= 4 is 11.6 Å². The minimum atomic E-state index is -0.170. The van der Waals surface area contributed by atoms with Crippen molar-refractivity contribution in [1.29, 1.82) is 0 Å². The molecule has 1 amide bonds. The van der Waals surface area contributed by atoms with E-state index in [1.54, 1.807) is 17.1 Å². The van der Waals surface area contributed by atoms with Crippen LogP contribution in [0.15, 0.2) is 36.7 Å². The lowest BCUT2D eigenvalue weighted by Crippen LogP contribution is -2.30. The average Bonchev–Trinajstić information content (AvgIpc) is 2.98. The van der Waals surface area contributed by atoms with Crippen LogP contribution < -0.4 is 10.6 Å². The summed E-state index contributed by atoms with van der Waals surface area (Å²) in [6, 6.07) is 8.57. The Balaban J connectivity index is 1.85. The largest absolute Gasteiger partial charge is 0.395 e. The van der Waals surface area contributed by atoms with E-state index in [-0.39, 0.29) is 31.0 Å². The molecule has 1 aromatic carbocycles. The Kier molecular flexibility index (Phi) is 5.98. The first kappa shape index (κ1) is 18.0. The molecule has 0 saturated heterocycles. The number of nitrogens with zero attached hydrogens (tertiary/aromatic N) is 2. The van der Waals surface area contributed by atoms with E-state index in [0.29, 0.717) is 6.54 Å². The van der Waals surface area contributed by atoms with E-state index in [0.717, 1.165) is 5.69 Å². The molecule has 0 aliphatic rings. The SMILES string of the molecule is CC(C)(C)c1ccc(CNc2cnn(CC(=O)NCCO)c2)cc1. The highest BCUT2D eigenvalue weighted by Gasteiger charge is 2.12. The number of anilines is 1. The molecule has 0 fully saturated rings. The number of carbonyl (C=O) groups excluding carboxylic acids is 1. The van der Waals surface area contributed by atoms with Gasteiger partial charge in [0.2, 0.25) is 5.91 Å². The summed E-state index contributed by atoms with van der Waals surface area (Å²) in [6.07, 6.45) is 3.49. The lowest BCUT2D eigenvalue weighted by molar-refractivity contribution is -0.122. The molecule has 0 aliphatic carbocycles. The monoisotopic (exact) mass is 330 g/mol. The Morgan fingerprint density at radius 2 is 1.96 bits per heavy atom. The van der Waals surface area contributed by atoms with Crippen LogP contribution in [0, 0.1) is 0 Å². The molecule has 130 valence electrons. The number of amides is 1. The predicted molar refractivity (Wildman–Crippen MR) is 94.8 cm³/mol. The number of nitrogens with one attached hydrogen (secondary N) is 2. The first-order chi connectivity index (χ1) is 11.4. The number of benzene rings is 1. The lowest BCUT2D eigenvalue weighted by Gasteiger charge is -2.19. The molecular weight excluding hydrogens is 304 g/mol. The molecule has 3 N–H and O–H groups in total. The number of hydrogen-bond acceptors (Lipinski definition) is 4. The van der Waals surface area contributed by atoms with Crippen molar-refractivity contribution in [2.24, 2.45) is 0 Å². The molecule has 0 atom stereocenters. The van der Waals surface area contributed by atoms with Crippen LogP contribution in [0.25, 0.3) is 0 Å². The maximum absolute atomic E-state index is 11.6. The van der Waals surface area contributed by atoms with Gasteiger partial charge >= 0.3 is 0 Å². The number of aliphatic hydroxyl groups excluding tert-OH is 1.